The molecule has 1 unspecified atom stereocenters. The van der Waals surface area contributed by atoms with Gasteiger partial charge in [0.05, 0.1) is 12.0 Å². The van der Waals surface area contributed by atoms with Crippen LogP contribution in [0.15, 0.2) is 24.3 Å². The zero-order valence-electron chi connectivity index (χ0n) is 10.7. The molecule has 0 fully saturated rings. The highest BCUT2D eigenvalue weighted by atomic mass is 32.1. The Morgan fingerprint density at radius 1 is 1.32 bits per heavy atom. The Morgan fingerprint density at radius 2 is 2.11 bits per heavy atom. The monoisotopic (exact) mass is 276 g/mol. The molecule has 1 aliphatic heterocycles. The number of hydrogen-bond acceptors (Lipinski definition) is 3. The van der Waals surface area contributed by atoms with E-state index < -0.39 is 5.82 Å². The van der Waals surface area contributed by atoms with Crippen molar-refractivity contribution >= 4 is 17.1 Å². The number of ether oxygens (including phenoxy) is 1. The molecule has 2 heterocycles. The van der Waals surface area contributed by atoms with Crippen LogP contribution < -0.4 is 4.74 Å². The molecule has 2 aromatic rings. The van der Waals surface area contributed by atoms with Crippen LogP contribution in [-0.2, 0) is 0 Å². The van der Waals surface area contributed by atoms with Gasteiger partial charge in [0.1, 0.15) is 17.7 Å². The average molecular weight is 276 g/mol. The molecule has 0 aliphatic carbocycles. The van der Waals surface area contributed by atoms with Crippen molar-refractivity contribution in [1.29, 1.82) is 0 Å². The number of carbonyl (C=O) groups is 1. The van der Waals surface area contributed by atoms with Crippen LogP contribution in [0.4, 0.5) is 4.39 Å². The van der Waals surface area contributed by atoms with E-state index >= 15 is 0 Å². The maximum Gasteiger partial charge on any atom is 0.170 e. The van der Waals surface area contributed by atoms with Crippen LogP contribution in [0, 0.1) is 19.7 Å². The molecule has 0 saturated heterocycles. The number of hydrogen-bond donors (Lipinski definition) is 0. The molecule has 3 rings (SSSR count). The molecular weight excluding hydrogens is 263 g/mol. The van der Waals surface area contributed by atoms with Gasteiger partial charge in [0.15, 0.2) is 5.78 Å². The van der Waals surface area contributed by atoms with E-state index in [0.29, 0.717) is 11.3 Å². The number of fused-ring (bicyclic) bond motifs is 1. The van der Waals surface area contributed by atoms with Crippen molar-refractivity contribution in [2.45, 2.75) is 26.4 Å². The normalized spacial score (nSPS) is 18.1. The lowest BCUT2D eigenvalue weighted by atomic mass is 9.96. The second kappa shape index (κ2) is 4.46. The number of halogens is 1. The molecule has 0 saturated carbocycles. The van der Waals surface area contributed by atoms with Crippen LogP contribution in [-0.4, -0.2) is 5.78 Å². The molecule has 0 spiro atoms. The van der Waals surface area contributed by atoms with Crippen LogP contribution in [0.3, 0.4) is 0 Å². The molecular formula is C15H13FO2S. The molecule has 0 radical (unpaired) electrons. The Hall–Kier alpha value is -1.68. The van der Waals surface area contributed by atoms with Gasteiger partial charge in [-0.3, -0.25) is 4.79 Å². The Bertz CT molecular complexity index is 660. The molecule has 1 aromatic heterocycles. The number of Topliss-reactive ketones (excluding diaryl/α,β-unsaturated/α-hetero) is 1. The first-order valence-electron chi connectivity index (χ1n) is 6.11. The molecule has 0 bridgehead atoms. The largest absolute Gasteiger partial charge is 0.484 e. The molecule has 19 heavy (non-hydrogen) atoms. The first kappa shape index (κ1) is 12.4. The van der Waals surface area contributed by atoms with Crippen molar-refractivity contribution in [3.63, 3.8) is 0 Å². The average Bonchev–Trinajstić information content (AvgIpc) is 2.69. The van der Waals surface area contributed by atoms with E-state index in [1.54, 1.807) is 11.3 Å². The van der Waals surface area contributed by atoms with Crippen LogP contribution in [0.1, 0.15) is 38.2 Å². The summed E-state index contributed by atoms with van der Waals surface area (Å²) in [5.41, 5.74) is 1.41. The number of benzene rings is 1. The lowest BCUT2D eigenvalue weighted by molar-refractivity contribution is 0.0849. The number of ketones is 1. The van der Waals surface area contributed by atoms with Gasteiger partial charge in [0.2, 0.25) is 0 Å². The molecule has 0 amide bonds. The summed E-state index contributed by atoms with van der Waals surface area (Å²) in [4.78, 5) is 14.5. The van der Waals surface area contributed by atoms with Gasteiger partial charge in [-0.05, 0) is 38.1 Å². The summed E-state index contributed by atoms with van der Waals surface area (Å²) in [5, 5.41) is 0. The van der Waals surface area contributed by atoms with Gasteiger partial charge in [-0.2, -0.15) is 0 Å². The Balaban J connectivity index is 1.99. The van der Waals surface area contributed by atoms with Gasteiger partial charge in [0.25, 0.3) is 0 Å². The third-order valence-electron chi connectivity index (χ3n) is 3.31. The van der Waals surface area contributed by atoms with E-state index in [9.17, 15) is 9.18 Å². The quantitative estimate of drug-likeness (QED) is 0.780. The van der Waals surface area contributed by atoms with E-state index in [4.69, 9.17) is 4.74 Å². The Kier molecular flexibility index (Phi) is 2.90. The Morgan fingerprint density at radius 3 is 2.79 bits per heavy atom. The highest BCUT2D eigenvalue weighted by molar-refractivity contribution is 7.12. The predicted molar refractivity (Wildman–Crippen MR) is 72.5 cm³/mol. The molecule has 98 valence electrons. The fourth-order valence-corrected chi connectivity index (χ4v) is 3.42. The lowest BCUT2D eigenvalue weighted by Crippen LogP contribution is -2.20. The zero-order valence-corrected chi connectivity index (χ0v) is 11.5. The summed E-state index contributed by atoms with van der Waals surface area (Å²) in [6.07, 6.45) is 0.0170. The van der Waals surface area contributed by atoms with Crippen molar-refractivity contribution < 1.29 is 13.9 Å². The molecule has 2 nitrogen and oxygen atoms in total. The van der Waals surface area contributed by atoms with Gasteiger partial charge in [-0.15, -0.1) is 11.3 Å². The van der Waals surface area contributed by atoms with E-state index in [1.165, 1.54) is 28.0 Å². The highest BCUT2D eigenvalue weighted by Crippen LogP contribution is 2.38. The third kappa shape index (κ3) is 2.16. The fourth-order valence-electron chi connectivity index (χ4n) is 2.44. The van der Waals surface area contributed by atoms with Gasteiger partial charge >= 0.3 is 0 Å². The summed E-state index contributed by atoms with van der Waals surface area (Å²) < 4.78 is 19.0. The number of rotatable bonds is 1. The molecule has 1 aliphatic rings. The topological polar surface area (TPSA) is 26.3 Å². The number of aryl methyl sites for hydroxylation is 2. The number of carbonyl (C=O) groups excluding carboxylic acids is 1. The van der Waals surface area contributed by atoms with Crippen LogP contribution in [0.5, 0.6) is 5.75 Å². The first-order chi connectivity index (χ1) is 9.04. The van der Waals surface area contributed by atoms with Crippen molar-refractivity contribution in [3.8, 4) is 5.75 Å². The van der Waals surface area contributed by atoms with Gasteiger partial charge in [-0.1, -0.05) is 0 Å². The van der Waals surface area contributed by atoms with Gasteiger partial charge in [-0.25, -0.2) is 4.39 Å². The Labute approximate surface area is 114 Å². The van der Waals surface area contributed by atoms with Gasteiger partial charge in [0, 0.05) is 15.3 Å². The van der Waals surface area contributed by atoms with Crippen molar-refractivity contribution in [1.82, 2.24) is 0 Å². The summed E-state index contributed by atoms with van der Waals surface area (Å²) in [7, 11) is 0. The van der Waals surface area contributed by atoms with Crippen molar-refractivity contribution in [2.75, 3.05) is 0 Å². The fraction of sp³-hybridized carbons (Fsp3) is 0.267. The predicted octanol–water partition coefficient (Wildman–Crippen LogP) is 4.21. The van der Waals surface area contributed by atoms with E-state index in [0.717, 1.165) is 5.56 Å². The second-order valence-electron chi connectivity index (χ2n) is 4.74. The molecule has 1 aromatic carbocycles. The van der Waals surface area contributed by atoms with Crippen LogP contribution in [0.2, 0.25) is 0 Å². The summed E-state index contributed by atoms with van der Waals surface area (Å²) in [5.74, 6) is 0.0108. The first-order valence-corrected chi connectivity index (χ1v) is 6.92. The SMILES string of the molecule is Cc1cc(C2CC(=O)c3cc(F)ccc3O2)c(C)s1. The van der Waals surface area contributed by atoms with Crippen molar-refractivity contribution in [2.24, 2.45) is 0 Å². The van der Waals surface area contributed by atoms with Crippen LogP contribution in [0.25, 0.3) is 0 Å². The van der Waals surface area contributed by atoms with E-state index in [-0.39, 0.29) is 18.3 Å². The summed E-state index contributed by atoms with van der Waals surface area (Å²) in [6.45, 7) is 4.07. The maximum absolute atomic E-state index is 13.1. The maximum atomic E-state index is 13.1. The zero-order chi connectivity index (χ0) is 13.6. The standard InChI is InChI=1S/C15H13FO2S/c1-8-5-11(9(2)19-8)15-7-13(17)12-6-10(16)3-4-14(12)18-15/h3-6,15H,7H2,1-2H3. The van der Waals surface area contributed by atoms with Crippen LogP contribution >= 0.6 is 11.3 Å². The highest BCUT2D eigenvalue weighted by Gasteiger charge is 2.29. The molecule has 0 N–H and O–H groups in total. The van der Waals surface area contributed by atoms with Crippen molar-refractivity contribution in [3.05, 3.63) is 51.0 Å². The minimum absolute atomic E-state index is 0.0611. The summed E-state index contributed by atoms with van der Waals surface area (Å²) >= 11 is 1.70. The minimum atomic E-state index is -0.406. The minimum Gasteiger partial charge on any atom is -0.484 e. The molecule has 4 heteroatoms. The smallest absolute Gasteiger partial charge is 0.170 e. The van der Waals surface area contributed by atoms with Gasteiger partial charge < -0.3 is 4.74 Å². The second-order valence-corrected chi connectivity index (χ2v) is 6.20. The lowest BCUT2D eigenvalue weighted by Gasteiger charge is -2.25. The van der Waals surface area contributed by atoms with E-state index in [1.807, 2.05) is 13.8 Å². The van der Waals surface area contributed by atoms with E-state index in [2.05, 4.69) is 6.07 Å². The number of thiophene rings is 1. The third-order valence-corrected chi connectivity index (χ3v) is 4.29. The summed E-state index contributed by atoms with van der Waals surface area (Å²) in [6, 6.07) is 6.16. The molecule has 1 atom stereocenters.